The summed E-state index contributed by atoms with van der Waals surface area (Å²) in [6.45, 7) is 0. The Morgan fingerprint density at radius 1 is 1.46 bits per heavy atom. The number of rotatable bonds is 2. The Balaban J connectivity index is 2.70. The minimum atomic E-state index is 0.448. The number of carbonyl (C=O) groups excluding carboxylic acids is 1. The first kappa shape index (κ1) is 8.73. The zero-order chi connectivity index (χ0) is 9.26. The molecule has 1 aromatic carbocycles. The molecule has 1 nitrogen and oxygen atoms in total. The zero-order valence-electron chi connectivity index (χ0n) is 6.79. The van der Waals surface area contributed by atoms with E-state index in [1.165, 1.54) is 0 Å². The molecule has 66 valence electrons. The van der Waals surface area contributed by atoms with Gasteiger partial charge in [0, 0.05) is 21.5 Å². The molecule has 0 spiro atoms. The fourth-order valence-corrected chi connectivity index (χ4v) is 2.70. The number of thiophene rings is 1. The molecule has 13 heavy (non-hydrogen) atoms. The molecule has 0 aliphatic heterocycles. The standard InChI is InChI=1S/C10H7ClOS/c11-8-2-1-3-9-10(8)7(4-5-12)6-13-9/h1-3,5-6H,4H2. The summed E-state index contributed by atoms with van der Waals surface area (Å²) in [6.07, 6.45) is 1.36. The van der Waals surface area contributed by atoms with Crippen LogP contribution in [-0.2, 0) is 11.2 Å². The second-order valence-electron chi connectivity index (χ2n) is 2.74. The second kappa shape index (κ2) is 3.48. The summed E-state index contributed by atoms with van der Waals surface area (Å²) in [5.41, 5.74) is 1.03. The van der Waals surface area contributed by atoms with Crippen LogP contribution in [0.3, 0.4) is 0 Å². The van der Waals surface area contributed by atoms with Gasteiger partial charge in [0.05, 0.1) is 0 Å². The fraction of sp³-hybridized carbons (Fsp3) is 0.100. The van der Waals surface area contributed by atoms with Crippen molar-refractivity contribution in [3.8, 4) is 0 Å². The van der Waals surface area contributed by atoms with Crippen molar-refractivity contribution in [2.75, 3.05) is 0 Å². The van der Waals surface area contributed by atoms with E-state index >= 15 is 0 Å². The maximum absolute atomic E-state index is 10.4. The van der Waals surface area contributed by atoms with Crippen LogP contribution in [0.4, 0.5) is 0 Å². The molecule has 2 rings (SSSR count). The Morgan fingerprint density at radius 2 is 2.31 bits per heavy atom. The lowest BCUT2D eigenvalue weighted by Gasteiger charge is -1.95. The van der Waals surface area contributed by atoms with Crippen LogP contribution in [0, 0.1) is 0 Å². The lowest BCUT2D eigenvalue weighted by Crippen LogP contribution is -1.82. The molecule has 0 saturated carbocycles. The Morgan fingerprint density at radius 3 is 3.08 bits per heavy atom. The molecule has 0 aliphatic carbocycles. The zero-order valence-corrected chi connectivity index (χ0v) is 8.36. The van der Waals surface area contributed by atoms with Gasteiger partial charge in [-0.25, -0.2) is 0 Å². The monoisotopic (exact) mass is 210 g/mol. The Kier molecular flexibility index (Phi) is 2.34. The Hall–Kier alpha value is -0.860. The predicted molar refractivity (Wildman–Crippen MR) is 56.6 cm³/mol. The molecule has 0 fully saturated rings. The van der Waals surface area contributed by atoms with Crippen molar-refractivity contribution in [3.63, 3.8) is 0 Å². The predicted octanol–water partition coefficient (Wildman–Crippen LogP) is 3.30. The minimum Gasteiger partial charge on any atom is -0.303 e. The van der Waals surface area contributed by atoms with E-state index in [9.17, 15) is 4.79 Å². The summed E-state index contributed by atoms with van der Waals surface area (Å²) in [7, 11) is 0. The summed E-state index contributed by atoms with van der Waals surface area (Å²) in [5, 5.41) is 3.75. The number of hydrogen-bond acceptors (Lipinski definition) is 2. The first-order chi connectivity index (χ1) is 6.33. The molecule has 0 bridgehead atoms. The molecule has 0 atom stereocenters. The molecular weight excluding hydrogens is 204 g/mol. The topological polar surface area (TPSA) is 17.1 Å². The van der Waals surface area contributed by atoms with E-state index in [1.54, 1.807) is 11.3 Å². The van der Waals surface area contributed by atoms with Crippen molar-refractivity contribution in [2.45, 2.75) is 6.42 Å². The Bertz CT molecular complexity index is 447. The summed E-state index contributed by atoms with van der Waals surface area (Å²) >= 11 is 7.65. The molecular formula is C10H7ClOS. The van der Waals surface area contributed by atoms with Crippen molar-refractivity contribution in [1.82, 2.24) is 0 Å². The first-order valence-corrected chi connectivity index (χ1v) is 5.17. The molecule has 0 N–H and O–H groups in total. The third-order valence-corrected chi connectivity index (χ3v) is 3.24. The van der Waals surface area contributed by atoms with E-state index in [-0.39, 0.29) is 0 Å². The molecule has 2 aromatic rings. The smallest absolute Gasteiger partial charge is 0.124 e. The van der Waals surface area contributed by atoms with Gasteiger partial charge in [0.1, 0.15) is 6.29 Å². The lowest BCUT2D eigenvalue weighted by atomic mass is 10.1. The van der Waals surface area contributed by atoms with Gasteiger partial charge in [-0.1, -0.05) is 17.7 Å². The second-order valence-corrected chi connectivity index (χ2v) is 4.06. The van der Waals surface area contributed by atoms with Gasteiger partial charge in [0.25, 0.3) is 0 Å². The summed E-state index contributed by atoms with van der Waals surface area (Å²) in [5.74, 6) is 0. The SMILES string of the molecule is O=CCc1csc2cccc(Cl)c12. The highest BCUT2D eigenvalue weighted by atomic mass is 35.5. The van der Waals surface area contributed by atoms with Crippen LogP contribution in [-0.4, -0.2) is 6.29 Å². The maximum atomic E-state index is 10.4. The molecule has 0 amide bonds. The van der Waals surface area contributed by atoms with Crippen LogP contribution in [0.5, 0.6) is 0 Å². The van der Waals surface area contributed by atoms with Crippen LogP contribution in [0.15, 0.2) is 23.6 Å². The fourth-order valence-electron chi connectivity index (χ4n) is 1.35. The molecule has 0 unspecified atom stereocenters. The van der Waals surface area contributed by atoms with Crippen molar-refractivity contribution >= 4 is 39.3 Å². The van der Waals surface area contributed by atoms with Crippen LogP contribution < -0.4 is 0 Å². The van der Waals surface area contributed by atoms with E-state index in [4.69, 9.17) is 11.6 Å². The van der Waals surface area contributed by atoms with Crippen LogP contribution >= 0.6 is 22.9 Å². The number of benzene rings is 1. The summed E-state index contributed by atoms with van der Waals surface area (Å²) in [4.78, 5) is 10.4. The van der Waals surface area contributed by atoms with Gasteiger partial charge < -0.3 is 4.79 Å². The molecule has 3 heteroatoms. The lowest BCUT2D eigenvalue weighted by molar-refractivity contribution is -0.107. The molecule has 0 saturated heterocycles. The first-order valence-electron chi connectivity index (χ1n) is 3.91. The number of hydrogen-bond donors (Lipinski definition) is 0. The highest BCUT2D eigenvalue weighted by molar-refractivity contribution is 7.17. The summed E-state index contributed by atoms with van der Waals surface area (Å²) in [6, 6.07) is 5.79. The van der Waals surface area contributed by atoms with Crippen LogP contribution in [0.25, 0.3) is 10.1 Å². The van der Waals surface area contributed by atoms with E-state index in [0.717, 1.165) is 27.0 Å². The van der Waals surface area contributed by atoms with Gasteiger partial charge in [-0.2, -0.15) is 0 Å². The average molecular weight is 211 g/mol. The van der Waals surface area contributed by atoms with E-state index in [0.29, 0.717) is 6.42 Å². The van der Waals surface area contributed by atoms with Gasteiger partial charge in [-0.3, -0.25) is 0 Å². The van der Waals surface area contributed by atoms with E-state index < -0.39 is 0 Å². The van der Waals surface area contributed by atoms with Crippen molar-refractivity contribution < 1.29 is 4.79 Å². The molecule has 0 aliphatic rings. The van der Waals surface area contributed by atoms with Gasteiger partial charge in [0.15, 0.2) is 0 Å². The maximum Gasteiger partial charge on any atom is 0.124 e. The normalized spacial score (nSPS) is 10.5. The van der Waals surface area contributed by atoms with Crippen molar-refractivity contribution in [2.24, 2.45) is 0 Å². The third-order valence-electron chi connectivity index (χ3n) is 1.93. The largest absolute Gasteiger partial charge is 0.303 e. The Labute approximate surface area is 84.9 Å². The minimum absolute atomic E-state index is 0.448. The molecule has 1 heterocycles. The number of carbonyl (C=O) groups is 1. The summed E-state index contributed by atoms with van der Waals surface area (Å²) < 4.78 is 1.14. The molecule has 1 aromatic heterocycles. The van der Waals surface area contributed by atoms with E-state index in [1.807, 2.05) is 23.6 Å². The number of fused-ring (bicyclic) bond motifs is 1. The van der Waals surface area contributed by atoms with Crippen molar-refractivity contribution in [3.05, 3.63) is 34.2 Å². The highest BCUT2D eigenvalue weighted by Crippen LogP contribution is 2.31. The van der Waals surface area contributed by atoms with Crippen LogP contribution in [0.1, 0.15) is 5.56 Å². The third kappa shape index (κ3) is 1.47. The van der Waals surface area contributed by atoms with Gasteiger partial charge in [0.2, 0.25) is 0 Å². The highest BCUT2D eigenvalue weighted by Gasteiger charge is 2.06. The van der Waals surface area contributed by atoms with Crippen molar-refractivity contribution in [1.29, 1.82) is 0 Å². The van der Waals surface area contributed by atoms with Gasteiger partial charge in [-0.05, 0) is 23.1 Å². The van der Waals surface area contributed by atoms with Gasteiger partial charge >= 0.3 is 0 Å². The number of aldehydes is 1. The number of halogens is 1. The average Bonchev–Trinajstić information content (AvgIpc) is 2.51. The quantitative estimate of drug-likeness (QED) is 0.696. The molecule has 0 radical (unpaired) electrons. The van der Waals surface area contributed by atoms with Crippen LogP contribution in [0.2, 0.25) is 5.02 Å². The van der Waals surface area contributed by atoms with Gasteiger partial charge in [-0.15, -0.1) is 11.3 Å². The van der Waals surface area contributed by atoms with E-state index in [2.05, 4.69) is 0 Å².